The van der Waals surface area contributed by atoms with Gasteiger partial charge in [0.05, 0.1) is 6.04 Å². The Morgan fingerprint density at radius 1 is 1.14 bits per heavy atom. The van der Waals surface area contributed by atoms with Crippen molar-refractivity contribution >= 4 is 17.0 Å². The van der Waals surface area contributed by atoms with E-state index in [4.69, 9.17) is 0 Å². The second-order valence-electron chi connectivity index (χ2n) is 3.57. The number of anilines is 1. The molecule has 70 valence electrons. The Bertz CT molecular complexity index is 408. The summed E-state index contributed by atoms with van der Waals surface area (Å²) in [6.45, 7) is 0. The van der Waals surface area contributed by atoms with Gasteiger partial charge in [-0.3, -0.25) is 0 Å². The molecule has 0 bridgehead atoms. The van der Waals surface area contributed by atoms with Crippen molar-refractivity contribution in [3.05, 3.63) is 52.2 Å². The van der Waals surface area contributed by atoms with Gasteiger partial charge in [0.2, 0.25) is 0 Å². The van der Waals surface area contributed by atoms with Crippen molar-refractivity contribution in [2.24, 2.45) is 0 Å². The smallest absolute Gasteiger partial charge is 0.0647 e. The van der Waals surface area contributed by atoms with E-state index in [9.17, 15) is 0 Å². The van der Waals surface area contributed by atoms with Crippen LogP contribution in [-0.2, 0) is 6.42 Å². The number of benzene rings is 1. The fourth-order valence-corrected chi connectivity index (χ4v) is 2.74. The summed E-state index contributed by atoms with van der Waals surface area (Å²) in [5, 5.41) is 5.69. The van der Waals surface area contributed by atoms with Crippen LogP contribution in [-0.4, -0.2) is 0 Å². The van der Waals surface area contributed by atoms with E-state index in [1.54, 1.807) is 0 Å². The number of thiophene rings is 1. The Hall–Kier alpha value is -1.28. The predicted octanol–water partition coefficient (Wildman–Crippen LogP) is 3.46. The molecular formula is C12H11NS. The predicted molar refractivity (Wildman–Crippen MR) is 60.8 cm³/mol. The minimum absolute atomic E-state index is 0.493. The quantitative estimate of drug-likeness (QED) is 0.745. The number of fused-ring (bicyclic) bond motifs is 1. The van der Waals surface area contributed by atoms with Gasteiger partial charge in [0.15, 0.2) is 0 Å². The number of nitrogens with one attached hydrogen (secondary N) is 1. The molecule has 0 unspecified atom stereocenters. The highest BCUT2D eigenvalue weighted by Gasteiger charge is 2.21. The minimum Gasteiger partial charge on any atom is -0.377 e. The molecule has 0 spiro atoms. The van der Waals surface area contributed by atoms with Gasteiger partial charge in [-0.05, 0) is 29.5 Å². The molecule has 1 aromatic carbocycles. The molecule has 0 radical (unpaired) electrons. The van der Waals surface area contributed by atoms with Gasteiger partial charge in [0.25, 0.3) is 0 Å². The Morgan fingerprint density at radius 3 is 2.86 bits per heavy atom. The lowest BCUT2D eigenvalue weighted by molar-refractivity contribution is 0.843. The summed E-state index contributed by atoms with van der Waals surface area (Å²) in [5.74, 6) is 0. The summed E-state index contributed by atoms with van der Waals surface area (Å²) in [7, 11) is 0. The van der Waals surface area contributed by atoms with Crippen LogP contribution in [0.1, 0.15) is 16.5 Å². The van der Waals surface area contributed by atoms with Crippen LogP contribution in [0.25, 0.3) is 0 Å². The molecule has 0 saturated carbocycles. The largest absolute Gasteiger partial charge is 0.377 e. The molecule has 0 fully saturated rings. The van der Waals surface area contributed by atoms with Gasteiger partial charge in [-0.1, -0.05) is 24.3 Å². The van der Waals surface area contributed by atoms with Crippen LogP contribution in [0, 0.1) is 0 Å². The second kappa shape index (κ2) is 3.14. The zero-order valence-corrected chi connectivity index (χ0v) is 8.55. The maximum Gasteiger partial charge on any atom is 0.0647 e. The van der Waals surface area contributed by atoms with Crippen LogP contribution in [0.4, 0.5) is 5.69 Å². The molecule has 1 nitrogen and oxygen atoms in total. The Balaban J connectivity index is 1.92. The Morgan fingerprint density at radius 2 is 2.07 bits per heavy atom. The standard InChI is InChI=1S/C12H11NS/c1-2-5-10-9(4-1)8-11(13-10)12-6-3-7-14-12/h1-7,11,13H,8H2/t11-/m0/s1. The van der Waals surface area contributed by atoms with E-state index in [1.807, 2.05) is 11.3 Å². The Labute approximate surface area is 87.4 Å². The monoisotopic (exact) mass is 201 g/mol. The van der Waals surface area contributed by atoms with E-state index in [1.165, 1.54) is 16.1 Å². The van der Waals surface area contributed by atoms with Gasteiger partial charge in [-0.15, -0.1) is 11.3 Å². The topological polar surface area (TPSA) is 12.0 Å². The number of rotatable bonds is 1. The summed E-state index contributed by atoms with van der Waals surface area (Å²) < 4.78 is 0. The first kappa shape index (κ1) is 8.06. The molecule has 0 amide bonds. The van der Waals surface area contributed by atoms with Crippen molar-refractivity contribution in [2.45, 2.75) is 12.5 Å². The van der Waals surface area contributed by atoms with Crippen LogP contribution in [0.5, 0.6) is 0 Å². The highest BCUT2D eigenvalue weighted by atomic mass is 32.1. The number of para-hydroxylation sites is 1. The first-order chi connectivity index (χ1) is 6.93. The van der Waals surface area contributed by atoms with Crippen molar-refractivity contribution in [2.75, 3.05) is 5.32 Å². The molecule has 1 aliphatic rings. The maximum absolute atomic E-state index is 3.55. The first-order valence-corrected chi connectivity index (χ1v) is 5.69. The second-order valence-corrected chi connectivity index (χ2v) is 4.55. The van der Waals surface area contributed by atoms with Crippen LogP contribution < -0.4 is 5.32 Å². The molecule has 2 aromatic rings. The Kier molecular flexibility index (Phi) is 1.81. The average Bonchev–Trinajstić information content (AvgIpc) is 2.86. The van der Waals surface area contributed by atoms with Gasteiger partial charge < -0.3 is 5.32 Å². The summed E-state index contributed by atoms with van der Waals surface area (Å²) in [5.41, 5.74) is 2.73. The van der Waals surface area contributed by atoms with Crippen molar-refractivity contribution in [1.82, 2.24) is 0 Å². The van der Waals surface area contributed by atoms with Gasteiger partial charge in [-0.2, -0.15) is 0 Å². The highest BCUT2D eigenvalue weighted by Crippen LogP contribution is 2.35. The zero-order valence-electron chi connectivity index (χ0n) is 7.73. The third-order valence-corrected chi connectivity index (χ3v) is 3.64. The van der Waals surface area contributed by atoms with Gasteiger partial charge in [0, 0.05) is 10.6 Å². The van der Waals surface area contributed by atoms with E-state index in [0.29, 0.717) is 6.04 Å². The lowest BCUT2D eigenvalue weighted by Gasteiger charge is -2.07. The van der Waals surface area contributed by atoms with Crippen LogP contribution >= 0.6 is 11.3 Å². The van der Waals surface area contributed by atoms with E-state index in [2.05, 4.69) is 47.1 Å². The summed E-state index contributed by atoms with van der Waals surface area (Å²) in [6, 6.07) is 13.4. The third-order valence-electron chi connectivity index (χ3n) is 2.66. The van der Waals surface area contributed by atoms with E-state index in [-0.39, 0.29) is 0 Å². The molecule has 14 heavy (non-hydrogen) atoms. The molecule has 3 rings (SSSR count). The van der Waals surface area contributed by atoms with E-state index < -0.39 is 0 Å². The molecule has 0 aliphatic carbocycles. The molecule has 1 N–H and O–H groups in total. The number of hydrogen-bond donors (Lipinski definition) is 1. The SMILES string of the molecule is c1csc([C@@H]2Cc3ccccc3N2)c1. The van der Waals surface area contributed by atoms with E-state index >= 15 is 0 Å². The molecular weight excluding hydrogens is 190 g/mol. The fourth-order valence-electron chi connectivity index (χ4n) is 1.96. The molecule has 1 aliphatic heterocycles. The molecule has 1 aromatic heterocycles. The van der Waals surface area contributed by atoms with Gasteiger partial charge in [0.1, 0.15) is 0 Å². The molecule has 0 saturated heterocycles. The normalized spacial score (nSPS) is 19.0. The fraction of sp³-hybridized carbons (Fsp3) is 0.167. The molecule has 1 atom stereocenters. The van der Waals surface area contributed by atoms with Crippen molar-refractivity contribution < 1.29 is 0 Å². The third kappa shape index (κ3) is 1.23. The summed E-state index contributed by atoms with van der Waals surface area (Å²) >= 11 is 1.83. The van der Waals surface area contributed by atoms with Crippen molar-refractivity contribution in [1.29, 1.82) is 0 Å². The van der Waals surface area contributed by atoms with E-state index in [0.717, 1.165) is 6.42 Å². The summed E-state index contributed by atoms with van der Waals surface area (Å²) in [4.78, 5) is 1.43. The molecule has 2 heterocycles. The first-order valence-electron chi connectivity index (χ1n) is 4.81. The van der Waals surface area contributed by atoms with Crippen molar-refractivity contribution in [3.63, 3.8) is 0 Å². The highest BCUT2D eigenvalue weighted by molar-refractivity contribution is 7.10. The average molecular weight is 201 g/mol. The summed E-state index contributed by atoms with van der Waals surface area (Å²) in [6.07, 6.45) is 1.12. The zero-order chi connectivity index (χ0) is 9.38. The van der Waals surface area contributed by atoms with Gasteiger partial charge >= 0.3 is 0 Å². The van der Waals surface area contributed by atoms with Gasteiger partial charge in [-0.25, -0.2) is 0 Å². The van der Waals surface area contributed by atoms with Crippen LogP contribution in [0.3, 0.4) is 0 Å². The number of hydrogen-bond acceptors (Lipinski definition) is 2. The lowest BCUT2D eigenvalue weighted by Crippen LogP contribution is -2.02. The van der Waals surface area contributed by atoms with Crippen molar-refractivity contribution in [3.8, 4) is 0 Å². The maximum atomic E-state index is 3.55. The molecule has 2 heteroatoms. The lowest BCUT2D eigenvalue weighted by atomic mass is 10.1. The van der Waals surface area contributed by atoms with Crippen LogP contribution in [0.15, 0.2) is 41.8 Å². The minimum atomic E-state index is 0.493. The van der Waals surface area contributed by atoms with Crippen LogP contribution in [0.2, 0.25) is 0 Å².